The van der Waals surface area contributed by atoms with Crippen molar-refractivity contribution >= 4 is 5.91 Å². The van der Waals surface area contributed by atoms with E-state index in [0.717, 1.165) is 12.0 Å². The molecule has 1 aromatic heterocycles. The molecule has 110 valence electrons. The molecule has 21 heavy (non-hydrogen) atoms. The average Bonchev–Trinajstić information content (AvgIpc) is 2.93. The third-order valence-electron chi connectivity index (χ3n) is 3.52. The lowest BCUT2D eigenvalue weighted by atomic mass is 10.0. The first-order chi connectivity index (χ1) is 10.2. The molecule has 1 fully saturated rings. The fraction of sp³-hybridized carbons (Fsp3) is 0.400. The number of nitrogens with zero attached hydrogens (tertiary/aromatic N) is 3. The number of ether oxygens (including phenoxy) is 1. The minimum absolute atomic E-state index is 0.0384. The van der Waals surface area contributed by atoms with Gasteiger partial charge >= 0.3 is 0 Å². The fourth-order valence-electron chi connectivity index (χ4n) is 2.51. The van der Waals surface area contributed by atoms with Gasteiger partial charge in [0.25, 0.3) is 0 Å². The van der Waals surface area contributed by atoms with Crippen molar-refractivity contribution in [3.63, 3.8) is 0 Å². The Morgan fingerprint density at radius 3 is 2.86 bits per heavy atom. The Hall–Kier alpha value is -2.21. The maximum atomic E-state index is 12.5. The van der Waals surface area contributed by atoms with Gasteiger partial charge in [-0.25, -0.2) is 0 Å². The highest BCUT2D eigenvalue weighted by atomic mass is 16.5. The van der Waals surface area contributed by atoms with E-state index in [1.165, 1.54) is 0 Å². The van der Waals surface area contributed by atoms with Crippen molar-refractivity contribution in [1.29, 1.82) is 0 Å². The van der Waals surface area contributed by atoms with Crippen molar-refractivity contribution < 1.29 is 13.9 Å². The molecule has 2 heterocycles. The summed E-state index contributed by atoms with van der Waals surface area (Å²) in [7, 11) is 0. The molecule has 1 atom stereocenters. The number of aromatic nitrogens is 2. The number of aryl methyl sites for hydroxylation is 1. The molecule has 0 bridgehead atoms. The largest absolute Gasteiger partial charge is 0.425 e. The van der Waals surface area contributed by atoms with E-state index in [1.54, 1.807) is 11.8 Å². The Kier molecular flexibility index (Phi) is 3.96. The third kappa shape index (κ3) is 3.11. The van der Waals surface area contributed by atoms with E-state index in [9.17, 15) is 4.79 Å². The zero-order valence-corrected chi connectivity index (χ0v) is 11.9. The van der Waals surface area contributed by atoms with Gasteiger partial charge in [-0.15, -0.1) is 10.2 Å². The smallest absolute Gasteiger partial charge is 0.234 e. The molecule has 0 saturated carbocycles. The standard InChI is InChI=1S/C15H17N3O3/c1-11-16-17-14(21-11)9-15(19)18-10-20-8-7-13(18)12-5-3-2-4-6-12/h2-6,13H,7-10H2,1H3. The van der Waals surface area contributed by atoms with Gasteiger partial charge < -0.3 is 14.1 Å². The fourth-order valence-corrected chi connectivity index (χ4v) is 2.51. The Bertz CT molecular complexity index is 612. The third-order valence-corrected chi connectivity index (χ3v) is 3.52. The first-order valence-electron chi connectivity index (χ1n) is 6.95. The lowest BCUT2D eigenvalue weighted by Crippen LogP contribution is -2.41. The first kappa shape index (κ1) is 13.8. The van der Waals surface area contributed by atoms with Gasteiger partial charge in [-0.05, 0) is 12.0 Å². The predicted octanol–water partition coefficient (Wildman–Crippen LogP) is 1.87. The molecular weight excluding hydrogens is 270 g/mol. The molecular formula is C15H17N3O3. The molecule has 0 spiro atoms. The topological polar surface area (TPSA) is 68.5 Å². The monoisotopic (exact) mass is 287 g/mol. The Balaban J connectivity index is 1.76. The van der Waals surface area contributed by atoms with E-state index in [4.69, 9.17) is 9.15 Å². The number of hydrogen-bond donors (Lipinski definition) is 0. The van der Waals surface area contributed by atoms with Gasteiger partial charge in [0.2, 0.25) is 17.7 Å². The Labute approximate surface area is 122 Å². The van der Waals surface area contributed by atoms with Gasteiger partial charge in [-0.2, -0.15) is 0 Å². The van der Waals surface area contributed by atoms with Gasteiger partial charge in [0.05, 0.1) is 12.6 Å². The van der Waals surface area contributed by atoms with Crippen molar-refractivity contribution in [1.82, 2.24) is 15.1 Å². The van der Waals surface area contributed by atoms with Crippen LogP contribution in [0.3, 0.4) is 0 Å². The van der Waals surface area contributed by atoms with Crippen LogP contribution in [-0.2, 0) is 16.0 Å². The second-order valence-electron chi connectivity index (χ2n) is 5.01. The van der Waals surface area contributed by atoms with Crippen molar-refractivity contribution in [3.05, 3.63) is 47.7 Å². The summed E-state index contributed by atoms with van der Waals surface area (Å²) in [4.78, 5) is 14.2. The van der Waals surface area contributed by atoms with E-state index in [-0.39, 0.29) is 18.4 Å². The molecule has 6 nitrogen and oxygen atoms in total. The van der Waals surface area contributed by atoms with Crippen molar-refractivity contribution in [2.24, 2.45) is 0 Å². The molecule has 1 unspecified atom stereocenters. The van der Waals surface area contributed by atoms with Crippen LogP contribution in [0.25, 0.3) is 0 Å². The van der Waals surface area contributed by atoms with Crippen LogP contribution >= 0.6 is 0 Å². The Morgan fingerprint density at radius 2 is 2.14 bits per heavy atom. The Morgan fingerprint density at radius 1 is 1.33 bits per heavy atom. The van der Waals surface area contributed by atoms with Crippen LogP contribution in [0.1, 0.15) is 29.8 Å². The molecule has 1 aromatic carbocycles. The maximum Gasteiger partial charge on any atom is 0.234 e. The lowest BCUT2D eigenvalue weighted by Gasteiger charge is -2.35. The van der Waals surface area contributed by atoms with Crippen molar-refractivity contribution in [2.45, 2.75) is 25.8 Å². The molecule has 0 radical (unpaired) electrons. The summed E-state index contributed by atoms with van der Waals surface area (Å²) >= 11 is 0. The van der Waals surface area contributed by atoms with Gasteiger partial charge in [0, 0.05) is 6.92 Å². The summed E-state index contributed by atoms with van der Waals surface area (Å²) < 4.78 is 10.7. The highest BCUT2D eigenvalue weighted by Crippen LogP contribution is 2.28. The summed E-state index contributed by atoms with van der Waals surface area (Å²) in [6.45, 7) is 2.66. The molecule has 1 aliphatic rings. The van der Waals surface area contributed by atoms with Crippen molar-refractivity contribution in [2.75, 3.05) is 13.3 Å². The van der Waals surface area contributed by atoms with E-state index >= 15 is 0 Å². The lowest BCUT2D eigenvalue weighted by molar-refractivity contribution is -0.146. The summed E-state index contributed by atoms with van der Waals surface area (Å²) in [5, 5.41) is 7.62. The van der Waals surface area contributed by atoms with Gasteiger partial charge in [-0.3, -0.25) is 4.79 Å². The van der Waals surface area contributed by atoms with E-state index in [2.05, 4.69) is 10.2 Å². The van der Waals surface area contributed by atoms with Crippen molar-refractivity contribution in [3.8, 4) is 0 Å². The number of rotatable bonds is 3. The van der Waals surface area contributed by atoms with E-state index < -0.39 is 0 Å². The van der Waals surface area contributed by atoms with Crippen LogP contribution in [0.4, 0.5) is 0 Å². The first-order valence-corrected chi connectivity index (χ1v) is 6.95. The van der Waals surface area contributed by atoms with Gasteiger partial charge in [-0.1, -0.05) is 30.3 Å². The molecule has 1 amide bonds. The number of carbonyl (C=O) groups is 1. The van der Waals surface area contributed by atoms with Crippen LogP contribution in [-0.4, -0.2) is 34.3 Å². The van der Waals surface area contributed by atoms with Crippen LogP contribution in [0.15, 0.2) is 34.7 Å². The second kappa shape index (κ2) is 6.05. The maximum absolute atomic E-state index is 12.5. The van der Waals surface area contributed by atoms with Crippen LogP contribution in [0, 0.1) is 6.92 Å². The molecule has 0 N–H and O–H groups in total. The zero-order valence-electron chi connectivity index (χ0n) is 11.9. The second-order valence-corrected chi connectivity index (χ2v) is 5.01. The highest BCUT2D eigenvalue weighted by Gasteiger charge is 2.29. The minimum Gasteiger partial charge on any atom is -0.425 e. The van der Waals surface area contributed by atoms with E-state index in [1.807, 2.05) is 30.3 Å². The molecule has 3 rings (SSSR count). The summed E-state index contributed by atoms with van der Waals surface area (Å²) in [5.41, 5.74) is 1.12. The molecule has 1 saturated heterocycles. The zero-order chi connectivity index (χ0) is 14.7. The number of carbonyl (C=O) groups excluding carboxylic acids is 1. The minimum atomic E-state index is -0.0628. The molecule has 1 aliphatic heterocycles. The van der Waals surface area contributed by atoms with Gasteiger partial charge in [0.15, 0.2) is 0 Å². The summed E-state index contributed by atoms with van der Waals surface area (Å²) in [6, 6.07) is 10.0. The number of amides is 1. The average molecular weight is 287 g/mol. The van der Waals surface area contributed by atoms with Crippen LogP contribution in [0.2, 0.25) is 0 Å². The summed E-state index contributed by atoms with van der Waals surface area (Å²) in [6.07, 6.45) is 0.895. The van der Waals surface area contributed by atoms with E-state index in [0.29, 0.717) is 25.1 Å². The SMILES string of the molecule is Cc1nnc(CC(=O)N2COCCC2c2ccccc2)o1. The highest BCUT2D eigenvalue weighted by molar-refractivity contribution is 5.78. The normalized spacial score (nSPS) is 18.7. The molecule has 6 heteroatoms. The molecule has 2 aromatic rings. The number of benzene rings is 1. The predicted molar refractivity (Wildman–Crippen MR) is 74.2 cm³/mol. The van der Waals surface area contributed by atoms with Gasteiger partial charge in [0.1, 0.15) is 13.2 Å². The summed E-state index contributed by atoms with van der Waals surface area (Å²) in [5.74, 6) is 0.745. The number of hydrogen-bond acceptors (Lipinski definition) is 5. The van der Waals surface area contributed by atoms with Crippen LogP contribution < -0.4 is 0 Å². The quantitative estimate of drug-likeness (QED) is 0.862. The van der Waals surface area contributed by atoms with Crippen LogP contribution in [0.5, 0.6) is 0 Å². The molecule has 0 aliphatic carbocycles.